The zero-order valence-corrected chi connectivity index (χ0v) is 32.0. The summed E-state index contributed by atoms with van der Waals surface area (Å²) in [5.74, 6) is 0. The summed E-state index contributed by atoms with van der Waals surface area (Å²) in [7, 11) is -6.45. The van der Waals surface area contributed by atoms with Crippen molar-refractivity contribution in [3.63, 3.8) is 0 Å². The van der Waals surface area contributed by atoms with Crippen molar-refractivity contribution in [2.24, 2.45) is 0 Å². The van der Waals surface area contributed by atoms with Gasteiger partial charge in [0.25, 0.3) is 0 Å². The molecule has 8 aromatic carbocycles. The Morgan fingerprint density at radius 3 is 1.71 bits per heavy atom. The van der Waals surface area contributed by atoms with Crippen LogP contribution in [0.5, 0.6) is 0 Å². The Balaban J connectivity index is 1.39. The van der Waals surface area contributed by atoms with Crippen molar-refractivity contribution in [3.8, 4) is 22.4 Å². The third-order valence-electron chi connectivity index (χ3n) is 10.1. The maximum atomic E-state index is 10.7. The molecule has 12 rings (SSSR count). The Labute approximate surface area is 389 Å². The van der Waals surface area contributed by atoms with Crippen molar-refractivity contribution in [3.05, 3.63) is 205 Å². The molecule has 0 N–H and O–H groups in total. The van der Waals surface area contributed by atoms with E-state index in [9.17, 15) is 23.3 Å². The minimum atomic E-state index is -6.45. The molecule has 0 unspecified atom stereocenters. The molecule has 0 aliphatic rings. The fourth-order valence-corrected chi connectivity index (χ4v) is 13.7. The van der Waals surface area contributed by atoms with Gasteiger partial charge in [0.1, 0.15) is 0 Å². The number of hydrogen-bond donors (Lipinski definition) is 0. The molecule has 0 fully saturated rings. The van der Waals surface area contributed by atoms with Crippen molar-refractivity contribution in [1.82, 2.24) is 9.38 Å². The summed E-state index contributed by atoms with van der Waals surface area (Å²) in [6.45, 7) is 1.22. The number of nitrogens with zero attached hydrogens (tertiary/aromatic N) is 2. The molecule has 4 heteroatoms. The second-order valence-corrected chi connectivity index (χ2v) is 18.6. The van der Waals surface area contributed by atoms with Crippen LogP contribution >= 0.6 is 0 Å². The normalized spacial score (nSPS) is 20.2. The Hall–Kier alpha value is -6.55. The van der Waals surface area contributed by atoms with Crippen LogP contribution in [-0.2, 0) is 0 Å². The molecule has 272 valence electrons. The summed E-state index contributed by atoms with van der Waals surface area (Å²) < 4.78 is 307. The number of rotatable bonds is 6. The first-order valence-corrected chi connectivity index (χ1v) is 21.0. The van der Waals surface area contributed by atoms with Crippen LogP contribution in [0.2, 0.25) is 0 Å². The van der Waals surface area contributed by atoms with E-state index >= 15 is 0 Å². The third kappa shape index (κ3) is 4.68. The Kier molecular flexibility index (Phi) is 3.22. The van der Waals surface area contributed by atoms with Gasteiger partial charge in [-0.05, 0) is 0 Å². The van der Waals surface area contributed by atoms with Gasteiger partial charge in [0.15, 0.2) is 0 Å². The second kappa shape index (κ2) is 13.0. The monoisotopic (exact) mass is 853 g/mol. The van der Waals surface area contributed by atoms with E-state index in [1.165, 1.54) is 11.3 Å². The molecule has 0 bridgehead atoms. The molecule has 2 nitrogen and oxygen atoms in total. The molecule has 0 radical (unpaired) electrons. The van der Waals surface area contributed by atoms with Crippen LogP contribution in [0.15, 0.2) is 199 Å². The topological polar surface area (TPSA) is 17.3 Å². The summed E-state index contributed by atoms with van der Waals surface area (Å²) in [5, 5.41) is -6.45. The van der Waals surface area contributed by atoms with Crippen molar-refractivity contribution >= 4 is 101 Å². The zero-order valence-electron chi connectivity index (χ0n) is 62.3. The molecule has 12 aromatic rings. The summed E-state index contributed by atoms with van der Waals surface area (Å²) in [6.07, 6.45) is 0. The van der Waals surface area contributed by atoms with Gasteiger partial charge in [0.05, 0.1) is 0 Å². The Morgan fingerprint density at radius 1 is 0.500 bits per heavy atom. The fraction of sp³-hybridized carbons (Fsp3) is 0.0185. The predicted octanol–water partition coefficient (Wildman–Crippen LogP) is 10.6. The minimum absolute atomic E-state index is 0.158. The Morgan fingerprint density at radius 2 is 1.02 bits per heavy atom. The van der Waals surface area contributed by atoms with E-state index < -0.39 is 265 Å². The van der Waals surface area contributed by atoms with Crippen LogP contribution in [-0.4, -0.2) is 32.0 Å². The van der Waals surface area contributed by atoms with Crippen LogP contribution in [0.4, 0.5) is 0 Å². The van der Waals surface area contributed by atoms with Crippen LogP contribution in [0, 0.1) is 6.92 Å². The van der Waals surface area contributed by atoms with Gasteiger partial charge in [-0.25, -0.2) is 0 Å². The van der Waals surface area contributed by atoms with Crippen LogP contribution in [0.25, 0.3) is 79.8 Å². The SMILES string of the molecule is [2H]c1c([2H])c([2H])c([Si](c2c([2H])c([2H])c([2H])c([2H])c2[2H])(c2c([2H])c([2H])c([2H])c([2H])c2[2H])c2c([2H])c([2H])c([2H])c(-c3c(C)nc(-c4c([2H])c([2H])c([2H])c5c6c([2H])c([2H])c([2H])c7c8c([2H])c([2H])c([2H])c([2H])c8n(c45)c76)c4[se]c5c([2H])c([2H])c([2H])c([2H])c5c34)c2[2H])c([2H])c1[2H]. The number of benzene rings is 8. The summed E-state index contributed by atoms with van der Waals surface area (Å²) in [6, 6.07) is -33.4. The molecule has 0 aliphatic carbocycles. The summed E-state index contributed by atoms with van der Waals surface area (Å²) in [4.78, 5) is 4.99. The van der Waals surface area contributed by atoms with Crippen LogP contribution < -0.4 is 20.7 Å². The van der Waals surface area contributed by atoms with Gasteiger partial charge in [-0.2, -0.15) is 0 Å². The summed E-state index contributed by atoms with van der Waals surface area (Å²) >= 11 is -1.52. The van der Waals surface area contributed by atoms with Gasteiger partial charge in [-0.15, -0.1) is 0 Å². The molecule has 0 amide bonds. The molecule has 0 atom stereocenters. The first-order valence-electron chi connectivity index (χ1n) is 33.8. The van der Waals surface area contributed by atoms with Gasteiger partial charge in [-0.1, -0.05) is 0 Å². The number of para-hydroxylation sites is 3. The number of aromatic nitrogens is 2. The third-order valence-corrected chi connectivity index (χ3v) is 16.4. The number of fused-ring (bicyclic) bond motifs is 9. The Bertz CT molecular complexity index is 5230. The van der Waals surface area contributed by atoms with Gasteiger partial charge in [0, 0.05) is 0 Å². The predicted molar refractivity (Wildman–Crippen MR) is 250 cm³/mol. The average Bonchev–Trinajstić information content (AvgIpc) is 1.64. The molecule has 0 aliphatic heterocycles. The van der Waals surface area contributed by atoms with E-state index in [0.29, 0.717) is 0 Å². The first-order chi connectivity index (χ1) is 42.4. The molecule has 0 saturated carbocycles. The van der Waals surface area contributed by atoms with E-state index in [4.69, 9.17) is 26.9 Å². The molecule has 4 heterocycles. The molecular formula is C54H36N2SeSi. The maximum absolute atomic E-state index is 10.7. The van der Waals surface area contributed by atoms with Crippen molar-refractivity contribution in [1.29, 1.82) is 0 Å². The van der Waals surface area contributed by atoms with Gasteiger partial charge >= 0.3 is 390 Å². The van der Waals surface area contributed by atoms with Gasteiger partial charge < -0.3 is 0 Å². The van der Waals surface area contributed by atoms with Crippen molar-refractivity contribution < 1.29 is 45.2 Å². The number of pyridine rings is 1. The van der Waals surface area contributed by atoms with Gasteiger partial charge in [-0.3, -0.25) is 0 Å². The molecule has 4 aromatic heterocycles. The molecular weight excluding hydrogens is 784 g/mol. The van der Waals surface area contributed by atoms with Crippen molar-refractivity contribution in [2.75, 3.05) is 0 Å². The number of hydrogen-bond acceptors (Lipinski definition) is 1. The standard InChI is InChI=1S/C54H36N2SeSi/c1-35-49(36-18-15-25-40(34-36)58(37-19-5-2-6-20-37,38-21-7-3-8-22-38)39-23-9-4-10-24-39)50-45-27-12-14-33-48(45)57-54(50)51(55-35)46-31-17-30-44-43-29-16-28-42-41-26-11-13-32-47(41)56(52(42)43)53(44)46/h2-34H,1H3/i2D,3D,4D,5D,6D,7D,8D,9D,10D,11D,12D,13D,14D,15D,16D,17D,18D,19D,20D,21D,22D,23D,24D,25D,26D,27D,28D,29D,30D,31D,32D,33D,34D. The quantitative estimate of drug-likeness (QED) is 0.120. The van der Waals surface area contributed by atoms with Crippen molar-refractivity contribution in [2.45, 2.75) is 6.92 Å². The van der Waals surface area contributed by atoms with Gasteiger partial charge in [0.2, 0.25) is 0 Å². The summed E-state index contributed by atoms with van der Waals surface area (Å²) in [5.41, 5.74) is -3.48. The molecule has 0 saturated heterocycles. The van der Waals surface area contributed by atoms with E-state index in [1.54, 1.807) is 0 Å². The van der Waals surface area contributed by atoms with Crippen LogP contribution in [0.1, 0.15) is 50.9 Å². The van der Waals surface area contributed by atoms with E-state index in [2.05, 4.69) is 0 Å². The molecule has 58 heavy (non-hydrogen) atoms. The van der Waals surface area contributed by atoms with E-state index in [-0.39, 0.29) is 63.1 Å². The number of aryl methyl sites for hydroxylation is 1. The molecule has 0 spiro atoms. The zero-order chi connectivity index (χ0) is 67.1. The fourth-order valence-electron chi connectivity index (χ4n) is 7.83. The second-order valence-electron chi connectivity index (χ2n) is 12.9. The first kappa shape index (κ1) is 14.4. The van der Waals surface area contributed by atoms with E-state index in [1.807, 2.05) is 0 Å². The van der Waals surface area contributed by atoms with Crippen LogP contribution in [0.3, 0.4) is 0 Å². The van der Waals surface area contributed by atoms with E-state index in [0.717, 1.165) is 0 Å². The average molecular weight is 853 g/mol.